The summed E-state index contributed by atoms with van der Waals surface area (Å²) >= 11 is 0. The summed E-state index contributed by atoms with van der Waals surface area (Å²) in [6.45, 7) is 6.61. The van der Waals surface area contributed by atoms with Crippen molar-refractivity contribution in [3.05, 3.63) is 71.5 Å². The fraction of sp³-hybridized carbons (Fsp3) is 0.481. The van der Waals surface area contributed by atoms with Crippen LogP contribution in [0.15, 0.2) is 54.7 Å². The van der Waals surface area contributed by atoms with E-state index in [-0.39, 0.29) is 18.4 Å². The van der Waals surface area contributed by atoms with Crippen LogP contribution in [-0.4, -0.2) is 38.9 Å². The van der Waals surface area contributed by atoms with Crippen molar-refractivity contribution >= 4 is 0 Å². The Morgan fingerprint density at radius 2 is 1.71 bits per heavy atom. The Morgan fingerprint density at radius 3 is 2.38 bits per heavy atom. The number of nitrogens with zero attached hydrogens (tertiary/aromatic N) is 3. The molecule has 1 fully saturated rings. The molecule has 4 rings (SSSR count). The van der Waals surface area contributed by atoms with E-state index in [2.05, 4.69) is 24.2 Å². The van der Waals surface area contributed by atoms with Gasteiger partial charge in [-0.25, -0.2) is 4.68 Å². The van der Waals surface area contributed by atoms with Gasteiger partial charge < -0.3 is 19.3 Å². The van der Waals surface area contributed by atoms with E-state index in [1.54, 1.807) is 10.9 Å². The molecule has 0 saturated carbocycles. The summed E-state index contributed by atoms with van der Waals surface area (Å²) in [5, 5.41) is 18.9. The standard InChI is InChI=1S/C27H35N3O4/c1-4-5-6-7-24(31)23-17-30(29-28-23)27-16-25(33-22-14-10-20(3)11-15-22)26(34-27)18-32-21-12-8-19(2)9-13-21/h8-15,17,24-27,31H,4-7,16,18H2,1-3H3/t24?,25-,26+,27-/m0/s1. The molecular weight excluding hydrogens is 430 g/mol. The lowest BCUT2D eigenvalue weighted by atomic mass is 10.1. The number of aromatic nitrogens is 3. The molecule has 1 saturated heterocycles. The highest BCUT2D eigenvalue weighted by atomic mass is 16.6. The van der Waals surface area contributed by atoms with Crippen LogP contribution in [0.2, 0.25) is 0 Å². The van der Waals surface area contributed by atoms with Crippen molar-refractivity contribution in [2.24, 2.45) is 0 Å². The van der Waals surface area contributed by atoms with Gasteiger partial charge in [-0.15, -0.1) is 5.10 Å². The number of aliphatic hydroxyl groups is 1. The van der Waals surface area contributed by atoms with E-state index in [0.717, 1.165) is 30.8 Å². The third-order valence-corrected chi connectivity index (χ3v) is 6.17. The van der Waals surface area contributed by atoms with Gasteiger partial charge in [0, 0.05) is 6.42 Å². The van der Waals surface area contributed by atoms with Crippen molar-refractivity contribution in [3.63, 3.8) is 0 Å². The number of hydrogen-bond donors (Lipinski definition) is 1. The van der Waals surface area contributed by atoms with Crippen molar-refractivity contribution in [2.75, 3.05) is 6.61 Å². The number of rotatable bonds is 11. The fourth-order valence-electron chi connectivity index (χ4n) is 4.06. The third kappa shape index (κ3) is 6.36. The second-order valence-corrected chi connectivity index (χ2v) is 9.09. The van der Waals surface area contributed by atoms with Gasteiger partial charge >= 0.3 is 0 Å². The molecule has 0 aliphatic carbocycles. The van der Waals surface area contributed by atoms with Crippen LogP contribution in [0.5, 0.6) is 11.5 Å². The lowest BCUT2D eigenvalue weighted by molar-refractivity contribution is -0.0406. The molecule has 2 heterocycles. The first-order valence-corrected chi connectivity index (χ1v) is 12.2. The summed E-state index contributed by atoms with van der Waals surface area (Å²) in [6, 6.07) is 16.0. The molecular formula is C27H35N3O4. The molecule has 1 aliphatic heterocycles. The fourth-order valence-corrected chi connectivity index (χ4v) is 4.06. The molecule has 7 nitrogen and oxygen atoms in total. The van der Waals surface area contributed by atoms with Gasteiger partial charge in [0.15, 0.2) is 6.23 Å². The van der Waals surface area contributed by atoms with Gasteiger partial charge in [0.25, 0.3) is 0 Å². The Hall–Kier alpha value is -2.90. The molecule has 0 bridgehead atoms. The lowest BCUT2D eigenvalue weighted by Crippen LogP contribution is -2.32. The quantitative estimate of drug-likeness (QED) is 0.386. The van der Waals surface area contributed by atoms with Crippen molar-refractivity contribution in [2.45, 2.75) is 77.4 Å². The molecule has 1 aromatic heterocycles. The monoisotopic (exact) mass is 465 g/mol. The van der Waals surface area contributed by atoms with Crippen LogP contribution in [0.25, 0.3) is 0 Å². The predicted molar refractivity (Wildman–Crippen MR) is 130 cm³/mol. The van der Waals surface area contributed by atoms with E-state index in [4.69, 9.17) is 14.2 Å². The van der Waals surface area contributed by atoms with Gasteiger partial charge in [0.1, 0.15) is 36.0 Å². The number of unbranched alkanes of at least 4 members (excludes halogenated alkanes) is 2. The van der Waals surface area contributed by atoms with E-state index in [9.17, 15) is 5.11 Å². The summed E-state index contributed by atoms with van der Waals surface area (Å²) in [5.41, 5.74) is 2.94. The maximum atomic E-state index is 10.5. The van der Waals surface area contributed by atoms with Gasteiger partial charge in [-0.2, -0.15) is 0 Å². The zero-order valence-corrected chi connectivity index (χ0v) is 20.3. The van der Waals surface area contributed by atoms with Crippen LogP contribution < -0.4 is 9.47 Å². The average Bonchev–Trinajstić information content (AvgIpc) is 3.48. The average molecular weight is 466 g/mol. The van der Waals surface area contributed by atoms with Crippen LogP contribution in [0.3, 0.4) is 0 Å². The Bertz CT molecular complexity index is 1020. The summed E-state index contributed by atoms with van der Waals surface area (Å²) in [4.78, 5) is 0. The highest BCUT2D eigenvalue weighted by Gasteiger charge is 2.39. The number of benzene rings is 2. The number of aliphatic hydroxyl groups excluding tert-OH is 1. The van der Waals surface area contributed by atoms with E-state index in [1.165, 1.54) is 11.1 Å². The Morgan fingerprint density at radius 1 is 1.03 bits per heavy atom. The van der Waals surface area contributed by atoms with Crippen LogP contribution in [-0.2, 0) is 4.74 Å². The van der Waals surface area contributed by atoms with Gasteiger partial charge in [-0.3, -0.25) is 0 Å². The molecule has 0 amide bonds. The molecule has 1 aliphatic rings. The summed E-state index contributed by atoms with van der Waals surface area (Å²) in [6.07, 6.45) is 4.81. The molecule has 34 heavy (non-hydrogen) atoms. The van der Waals surface area contributed by atoms with Crippen molar-refractivity contribution in [3.8, 4) is 11.5 Å². The topological polar surface area (TPSA) is 78.6 Å². The smallest absolute Gasteiger partial charge is 0.156 e. The third-order valence-electron chi connectivity index (χ3n) is 6.17. The van der Waals surface area contributed by atoms with Gasteiger partial charge in [-0.1, -0.05) is 66.8 Å². The highest BCUT2D eigenvalue weighted by molar-refractivity contribution is 5.27. The number of aryl methyl sites for hydroxylation is 2. The minimum atomic E-state index is -0.609. The first-order valence-electron chi connectivity index (χ1n) is 12.2. The first kappa shape index (κ1) is 24.2. The van der Waals surface area contributed by atoms with E-state index < -0.39 is 6.10 Å². The van der Waals surface area contributed by atoms with Crippen molar-refractivity contribution < 1.29 is 19.3 Å². The van der Waals surface area contributed by atoms with Crippen LogP contribution in [0.1, 0.15) is 68.2 Å². The van der Waals surface area contributed by atoms with Gasteiger partial charge in [0.05, 0.1) is 12.3 Å². The molecule has 1 N–H and O–H groups in total. The molecule has 0 spiro atoms. The van der Waals surface area contributed by atoms with Crippen molar-refractivity contribution in [1.29, 1.82) is 0 Å². The highest BCUT2D eigenvalue weighted by Crippen LogP contribution is 2.33. The molecule has 1 unspecified atom stereocenters. The minimum Gasteiger partial charge on any atom is -0.491 e. The van der Waals surface area contributed by atoms with Gasteiger partial charge in [0.2, 0.25) is 0 Å². The number of hydrogen-bond acceptors (Lipinski definition) is 6. The maximum Gasteiger partial charge on any atom is 0.156 e. The molecule has 2 aromatic carbocycles. The van der Waals surface area contributed by atoms with E-state index >= 15 is 0 Å². The van der Waals surface area contributed by atoms with E-state index in [0.29, 0.717) is 25.1 Å². The molecule has 0 radical (unpaired) electrons. The largest absolute Gasteiger partial charge is 0.491 e. The summed E-state index contributed by atoms with van der Waals surface area (Å²) in [7, 11) is 0. The Balaban J connectivity index is 1.44. The molecule has 3 aromatic rings. The zero-order valence-electron chi connectivity index (χ0n) is 20.3. The summed E-state index contributed by atoms with van der Waals surface area (Å²) < 4.78 is 20.3. The number of ether oxygens (including phenoxy) is 3. The maximum absolute atomic E-state index is 10.5. The molecule has 182 valence electrons. The predicted octanol–water partition coefficient (Wildman–Crippen LogP) is 5.32. The minimum absolute atomic E-state index is 0.208. The Labute approximate surface area is 201 Å². The Kier molecular flexibility index (Phi) is 8.19. The first-order chi connectivity index (χ1) is 16.5. The van der Waals surface area contributed by atoms with Crippen LogP contribution in [0, 0.1) is 13.8 Å². The van der Waals surface area contributed by atoms with E-state index in [1.807, 2.05) is 55.5 Å². The summed E-state index contributed by atoms with van der Waals surface area (Å²) in [5.74, 6) is 1.59. The zero-order chi connectivity index (χ0) is 23.9. The SMILES string of the molecule is CCCCCC(O)c1cn([C@@H]2C[C@H](Oc3ccc(C)cc3)[C@@H](COc3ccc(C)cc3)O2)nn1. The normalized spacial score (nSPS) is 20.9. The second-order valence-electron chi connectivity index (χ2n) is 9.09. The van der Waals surface area contributed by atoms with Crippen LogP contribution >= 0.6 is 0 Å². The van der Waals surface area contributed by atoms with Crippen LogP contribution in [0.4, 0.5) is 0 Å². The van der Waals surface area contributed by atoms with Crippen molar-refractivity contribution in [1.82, 2.24) is 15.0 Å². The lowest BCUT2D eigenvalue weighted by Gasteiger charge is -2.20. The second kappa shape index (κ2) is 11.5. The molecule has 4 atom stereocenters. The van der Waals surface area contributed by atoms with Gasteiger partial charge in [-0.05, 0) is 44.5 Å². The molecule has 7 heteroatoms.